The highest BCUT2D eigenvalue weighted by atomic mass is 35.5. The van der Waals surface area contributed by atoms with E-state index in [2.05, 4.69) is 15.4 Å². The van der Waals surface area contributed by atoms with Crippen molar-refractivity contribution in [3.8, 4) is 5.82 Å². The van der Waals surface area contributed by atoms with Gasteiger partial charge < -0.3 is 5.32 Å². The van der Waals surface area contributed by atoms with Gasteiger partial charge in [0.2, 0.25) is 5.91 Å². The molecule has 1 N–H and O–H groups in total. The van der Waals surface area contributed by atoms with E-state index in [0.717, 1.165) is 0 Å². The summed E-state index contributed by atoms with van der Waals surface area (Å²) in [5, 5.41) is 6.88. The quantitative estimate of drug-likeness (QED) is 0.885. The van der Waals surface area contributed by atoms with Gasteiger partial charge in [-0.05, 0) is 24.6 Å². The third kappa shape index (κ3) is 2.43. The zero-order chi connectivity index (χ0) is 13.5. The van der Waals surface area contributed by atoms with Gasteiger partial charge in [0.25, 0.3) is 0 Å². The van der Waals surface area contributed by atoms with Crippen LogP contribution in [0.25, 0.3) is 5.82 Å². The number of aromatic nitrogens is 3. The first-order chi connectivity index (χ1) is 9.08. The van der Waals surface area contributed by atoms with Crippen molar-refractivity contribution in [2.24, 2.45) is 5.92 Å². The van der Waals surface area contributed by atoms with Crippen molar-refractivity contribution >= 4 is 34.8 Å². The van der Waals surface area contributed by atoms with Crippen molar-refractivity contribution in [1.29, 1.82) is 0 Å². The molecular formula is C12H10Cl2N4O. The molecule has 19 heavy (non-hydrogen) atoms. The Morgan fingerprint density at radius 1 is 1.42 bits per heavy atom. The number of carbonyl (C=O) groups excluding carboxylic acids is 1. The van der Waals surface area contributed by atoms with Crippen LogP contribution in [0, 0.1) is 5.92 Å². The van der Waals surface area contributed by atoms with Crippen LogP contribution >= 0.6 is 23.2 Å². The van der Waals surface area contributed by atoms with Gasteiger partial charge in [-0.25, -0.2) is 9.67 Å². The normalized spacial score (nSPS) is 20.0. The number of hydrogen-bond donors (Lipinski definition) is 1. The van der Waals surface area contributed by atoms with Crippen LogP contribution < -0.4 is 5.32 Å². The zero-order valence-corrected chi connectivity index (χ0v) is 11.3. The molecule has 0 spiro atoms. The molecule has 1 aliphatic carbocycles. The van der Waals surface area contributed by atoms with Crippen molar-refractivity contribution in [2.75, 3.05) is 5.32 Å². The molecule has 98 valence electrons. The van der Waals surface area contributed by atoms with Crippen molar-refractivity contribution in [3.05, 3.63) is 36.8 Å². The smallest absolute Gasteiger partial charge is 0.230 e. The maximum absolute atomic E-state index is 12.0. The SMILES string of the molecule is O=C(Nc1cccnc1-n1cccn1)C1CC1(Cl)Cl. The van der Waals surface area contributed by atoms with E-state index in [1.54, 1.807) is 41.5 Å². The number of amides is 1. The van der Waals surface area contributed by atoms with Crippen molar-refractivity contribution in [3.63, 3.8) is 0 Å². The van der Waals surface area contributed by atoms with Crippen LogP contribution in [0.2, 0.25) is 0 Å². The van der Waals surface area contributed by atoms with Crippen LogP contribution in [0.4, 0.5) is 5.69 Å². The lowest BCUT2D eigenvalue weighted by atomic mass is 10.3. The van der Waals surface area contributed by atoms with Crippen LogP contribution in [-0.4, -0.2) is 25.0 Å². The summed E-state index contributed by atoms with van der Waals surface area (Å²) in [4.78, 5) is 16.2. The molecule has 0 aromatic carbocycles. The first-order valence-corrected chi connectivity index (χ1v) is 6.47. The second-order valence-corrected chi connectivity index (χ2v) is 5.87. The Hall–Kier alpha value is -1.59. The highest BCUT2D eigenvalue weighted by Crippen LogP contribution is 2.53. The molecule has 5 nitrogen and oxygen atoms in total. The van der Waals surface area contributed by atoms with Gasteiger partial charge in [0.05, 0.1) is 11.6 Å². The molecule has 2 aromatic heterocycles. The average Bonchev–Trinajstić information content (AvgIpc) is 2.80. The first-order valence-electron chi connectivity index (χ1n) is 5.72. The average molecular weight is 297 g/mol. The number of rotatable bonds is 3. The summed E-state index contributed by atoms with van der Waals surface area (Å²) in [7, 11) is 0. The van der Waals surface area contributed by atoms with E-state index < -0.39 is 4.33 Å². The van der Waals surface area contributed by atoms with Gasteiger partial charge in [0.15, 0.2) is 5.82 Å². The van der Waals surface area contributed by atoms with Gasteiger partial charge in [-0.1, -0.05) is 0 Å². The number of anilines is 1. The van der Waals surface area contributed by atoms with Crippen LogP contribution in [-0.2, 0) is 4.79 Å². The molecule has 3 rings (SSSR count). The molecule has 1 fully saturated rings. The summed E-state index contributed by atoms with van der Waals surface area (Å²) in [6.07, 6.45) is 5.50. The molecule has 2 aromatic rings. The lowest BCUT2D eigenvalue weighted by molar-refractivity contribution is -0.117. The van der Waals surface area contributed by atoms with E-state index in [1.165, 1.54) is 0 Å². The van der Waals surface area contributed by atoms with E-state index in [9.17, 15) is 4.79 Å². The molecule has 0 radical (unpaired) electrons. The van der Waals surface area contributed by atoms with Crippen molar-refractivity contribution in [1.82, 2.24) is 14.8 Å². The Bertz CT molecular complexity index is 612. The Labute approximate surface area is 119 Å². The fraction of sp³-hybridized carbons (Fsp3) is 0.250. The summed E-state index contributed by atoms with van der Waals surface area (Å²) in [5.41, 5.74) is 0.576. The highest BCUT2D eigenvalue weighted by Gasteiger charge is 2.56. The minimum absolute atomic E-state index is 0.202. The summed E-state index contributed by atoms with van der Waals surface area (Å²) in [6, 6.07) is 5.28. The molecule has 2 heterocycles. The number of halogens is 2. The lowest BCUT2D eigenvalue weighted by Crippen LogP contribution is -2.18. The monoisotopic (exact) mass is 296 g/mol. The van der Waals surface area contributed by atoms with Crippen LogP contribution in [0.1, 0.15) is 6.42 Å². The lowest BCUT2D eigenvalue weighted by Gasteiger charge is -2.09. The minimum atomic E-state index is -0.932. The molecule has 0 bridgehead atoms. The number of pyridine rings is 1. The molecule has 1 amide bonds. The van der Waals surface area contributed by atoms with E-state index in [4.69, 9.17) is 23.2 Å². The Morgan fingerprint density at radius 3 is 2.84 bits per heavy atom. The van der Waals surface area contributed by atoms with Crippen LogP contribution in [0.5, 0.6) is 0 Å². The van der Waals surface area contributed by atoms with Crippen LogP contribution in [0.15, 0.2) is 36.8 Å². The predicted octanol–water partition coefficient (Wildman–Crippen LogP) is 2.40. The Kier molecular flexibility index (Phi) is 2.95. The molecule has 1 atom stereocenters. The maximum atomic E-state index is 12.0. The molecule has 0 aliphatic heterocycles. The summed E-state index contributed by atoms with van der Waals surface area (Å²) < 4.78 is 0.648. The van der Waals surface area contributed by atoms with E-state index in [1.807, 2.05) is 0 Å². The number of alkyl halides is 2. The van der Waals surface area contributed by atoms with Gasteiger partial charge in [0.1, 0.15) is 4.33 Å². The largest absolute Gasteiger partial charge is 0.323 e. The van der Waals surface area contributed by atoms with Gasteiger partial charge in [0, 0.05) is 18.6 Å². The molecule has 1 aliphatic rings. The number of hydrogen-bond acceptors (Lipinski definition) is 3. The fourth-order valence-corrected chi connectivity index (χ4v) is 2.30. The van der Waals surface area contributed by atoms with Gasteiger partial charge in [-0.15, -0.1) is 23.2 Å². The predicted molar refractivity (Wildman–Crippen MR) is 72.5 cm³/mol. The van der Waals surface area contributed by atoms with E-state index in [-0.39, 0.29) is 11.8 Å². The van der Waals surface area contributed by atoms with E-state index >= 15 is 0 Å². The van der Waals surface area contributed by atoms with Crippen LogP contribution in [0.3, 0.4) is 0 Å². The minimum Gasteiger partial charge on any atom is -0.323 e. The molecule has 1 saturated carbocycles. The Balaban J connectivity index is 1.84. The first kappa shape index (κ1) is 12.4. The second kappa shape index (κ2) is 4.51. The van der Waals surface area contributed by atoms with Gasteiger partial charge in [-0.3, -0.25) is 4.79 Å². The topological polar surface area (TPSA) is 59.8 Å². The molecular weight excluding hydrogens is 287 g/mol. The second-order valence-electron chi connectivity index (χ2n) is 4.33. The Morgan fingerprint density at radius 2 is 2.21 bits per heavy atom. The number of carbonyl (C=O) groups is 1. The summed E-state index contributed by atoms with van der Waals surface area (Å²) in [5.74, 6) is -0.0239. The summed E-state index contributed by atoms with van der Waals surface area (Å²) in [6.45, 7) is 0. The molecule has 0 saturated heterocycles. The van der Waals surface area contributed by atoms with Gasteiger partial charge in [-0.2, -0.15) is 5.10 Å². The van der Waals surface area contributed by atoms with Crippen molar-refractivity contribution < 1.29 is 4.79 Å². The third-order valence-electron chi connectivity index (χ3n) is 2.91. The number of nitrogens with zero attached hydrogens (tertiary/aromatic N) is 3. The standard InChI is InChI=1S/C12H10Cl2N4O/c13-12(14)7-8(12)11(19)17-9-3-1-4-15-10(9)18-6-2-5-16-18/h1-6,8H,7H2,(H,17,19). The maximum Gasteiger partial charge on any atom is 0.230 e. The van der Waals surface area contributed by atoms with E-state index in [0.29, 0.717) is 17.9 Å². The van der Waals surface area contributed by atoms with Crippen molar-refractivity contribution in [2.45, 2.75) is 10.8 Å². The highest BCUT2D eigenvalue weighted by molar-refractivity contribution is 6.52. The molecule has 1 unspecified atom stereocenters. The zero-order valence-electron chi connectivity index (χ0n) is 9.75. The summed E-state index contributed by atoms with van der Waals surface area (Å²) >= 11 is 11.8. The molecule has 7 heteroatoms. The third-order valence-corrected chi connectivity index (χ3v) is 3.74. The fourth-order valence-electron chi connectivity index (χ4n) is 1.79. The number of nitrogens with one attached hydrogen (secondary N) is 1. The van der Waals surface area contributed by atoms with Gasteiger partial charge >= 0.3 is 0 Å².